The van der Waals surface area contributed by atoms with Crippen LogP contribution < -0.4 is 4.31 Å². The van der Waals surface area contributed by atoms with Gasteiger partial charge >= 0.3 is 0 Å². The second-order valence-electron chi connectivity index (χ2n) is 6.79. The number of halogens is 1. The molecule has 0 saturated carbocycles. The zero-order valence-electron chi connectivity index (χ0n) is 15.4. The van der Waals surface area contributed by atoms with Gasteiger partial charge in [-0.15, -0.1) is 11.8 Å². The third-order valence-corrected chi connectivity index (χ3v) is 8.33. The van der Waals surface area contributed by atoms with Crippen LogP contribution >= 0.6 is 23.4 Å². The van der Waals surface area contributed by atoms with Gasteiger partial charge < -0.3 is 0 Å². The van der Waals surface area contributed by atoms with E-state index in [0.717, 1.165) is 33.7 Å². The molecule has 0 atom stereocenters. The number of sulfonamides is 1. The number of thioether (sulfide) groups is 1. The van der Waals surface area contributed by atoms with Crippen LogP contribution in [-0.2, 0) is 22.2 Å². The van der Waals surface area contributed by atoms with Gasteiger partial charge in [-0.1, -0.05) is 59.6 Å². The molecule has 0 unspecified atom stereocenters. The Morgan fingerprint density at radius 1 is 1.04 bits per heavy atom. The van der Waals surface area contributed by atoms with Crippen molar-refractivity contribution in [1.82, 2.24) is 0 Å². The maximum absolute atomic E-state index is 13.5. The van der Waals surface area contributed by atoms with E-state index < -0.39 is 10.0 Å². The predicted molar refractivity (Wildman–Crippen MR) is 117 cm³/mol. The summed E-state index contributed by atoms with van der Waals surface area (Å²) >= 11 is 7.82. The lowest BCUT2D eigenvalue weighted by Gasteiger charge is -2.21. The molecule has 3 aromatic carbocycles. The van der Waals surface area contributed by atoms with Crippen LogP contribution in [0, 0.1) is 6.92 Å². The Balaban J connectivity index is 1.69. The molecular formula is C22H20ClNO2S2. The maximum Gasteiger partial charge on any atom is 0.264 e. The van der Waals surface area contributed by atoms with Crippen LogP contribution in [0.3, 0.4) is 0 Å². The van der Waals surface area contributed by atoms with Crippen molar-refractivity contribution in [2.75, 3.05) is 10.8 Å². The van der Waals surface area contributed by atoms with Crippen molar-refractivity contribution >= 4 is 39.1 Å². The lowest BCUT2D eigenvalue weighted by atomic mass is 10.2. The molecule has 0 aromatic heterocycles. The minimum absolute atomic E-state index is 0.370. The maximum atomic E-state index is 13.5. The molecule has 1 aliphatic rings. The van der Waals surface area contributed by atoms with Crippen LogP contribution in [-0.4, -0.2) is 15.0 Å². The van der Waals surface area contributed by atoms with Gasteiger partial charge in [0.05, 0.1) is 15.6 Å². The average molecular weight is 430 g/mol. The molecule has 0 N–H and O–H groups in total. The molecule has 0 saturated heterocycles. The summed E-state index contributed by atoms with van der Waals surface area (Å²) in [5.74, 6) is 0.537. The smallest absolute Gasteiger partial charge is 0.264 e. The first-order chi connectivity index (χ1) is 13.5. The number of nitrogens with zero attached hydrogens (tertiary/aromatic N) is 1. The Labute approximate surface area is 175 Å². The van der Waals surface area contributed by atoms with Crippen LogP contribution in [0.4, 0.5) is 5.69 Å². The molecule has 1 aliphatic heterocycles. The van der Waals surface area contributed by atoms with Crippen molar-refractivity contribution in [3.05, 3.63) is 88.4 Å². The van der Waals surface area contributed by atoms with Crippen LogP contribution in [0.1, 0.15) is 16.7 Å². The van der Waals surface area contributed by atoms with E-state index in [-0.39, 0.29) is 0 Å². The molecule has 4 rings (SSSR count). The number of aryl methyl sites for hydroxylation is 1. The SMILES string of the molecule is Cc1ccc(S(=O)(=O)N2CCc3ccccc32)c(CSc2ccccc2Cl)c1. The van der Waals surface area contributed by atoms with Crippen LogP contribution in [0.5, 0.6) is 0 Å². The summed E-state index contributed by atoms with van der Waals surface area (Å²) in [7, 11) is -3.63. The summed E-state index contributed by atoms with van der Waals surface area (Å²) in [4.78, 5) is 1.31. The molecule has 1 heterocycles. The van der Waals surface area contributed by atoms with Gasteiger partial charge in [-0.05, 0) is 48.7 Å². The minimum atomic E-state index is -3.63. The first kappa shape index (κ1) is 19.4. The minimum Gasteiger partial charge on any atom is -0.266 e. The highest BCUT2D eigenvalue weighted by atomic mass is 35.5. The van der Waals surface area contributed by atoms with Gasteiger partial charge in [-0.3, -0.25) is 4.31 Å². The fraction of sp³-hybridized carbons (Fsp3) is 0.182. The van der Waals surface area contributed by atoms with E-state index in [1.807, 2.05) is 67.6 Å². The van der Waals surface area contributed by atoms with Crippen molar-refractivity contribution in [3.63, 3.8) is 0 Å². The molecule has 0 bridgehead atoms. The molecule has 28 heavy (non-hydrogen) atoms. The average Bonchev–Trinajstić information content (AvgIpc) is 3.12. The fourth-order valence-corrected chi connectivity index (χ4v) is 6.50. The third kappa shape index (κ3) is 3.66. The van der Waals surface area contributed by atoms with Gasteiger partial charge in [0, 0.05) is 17.2 Å². The Hall–Kier alpha value is -1.95. The summed E-state index contributed by atoms with van der Waals surface area (Å²) in [5, 5.41) is 0.679. The number of anilines is 1. The fourth-order valence-electron chi connectivity index (χ4n) is 3.47. The lowest BCUT2D eigenvalue weighted by Crippen LogP contribution is -2.29. The first-order valence-electron chi connectivity index (χ1n) is 9.04. The van der Waals surface area contributed by atoms with E-state index in [4.69, 9.17) is 11.6 Å². The van der Waals surface area contributed by atoms with Gasteiger partial charge in [0.2, 0.25) is 0 Å². The summed E-state index contributed by atoms with van der Waals surface area (Å²) in [6, 6.07) is 20.9. The van der Waals surface area contributed by atoms with E-state index in [0.29, 0.717) is 22.2 Å². The molecule has 0 amide bonds. The second kappa shape index (κ2) is 7.82. The quantitative estimate of drug-likeness (QED) is 0.489. The zero-order chi connectivity index (χ0) is 19.7. The Morgan fingerprint density at radius 3 is 2.61 bits per heavy atom. The highest BCUT2D eigenvalue weighted by Crippen LogP contribution is 2.36. The van der Waals surface area contributed by atoms with Crippen LogP contribution in [0.25, 0.3) is 0 Å². The number of fused-ring (bicyclic) bond motifs is 1. The number of rotatable bonds is 5. The molecule has 0 spiro atoms. The molecule has 0 fully saturated rings. The molecule has 144 valence electrons. The Bertz CT molecular complexity index is 1130. The van der Waals surface area contributed by atoms with Gasteiger partial charge in [0.1, 0.15) is 0 Å². The number of benzene rings is 3. The van der Waals surface area contributed by atoms with E-state index in [1.165, 1.54) is 4.31 Å². The van der Waals surface area contributed by atoms with Crippen LogP contribution in [0.15, 0.2) is 76.5 Å². The summed E-state index contributed by atoms with van der Waals surface area (Å²) < 4.78 is 28.5. The molecule has 0 aliphatic carbocycles. The predicted octanol–water partition coefficient (Wildman–Crippen LogP) is 5.69. The molecule has 6 heteroatoms. The van der Waals surface area contributed by atoms with Crippen molar-refractivity contribution in [2.45, 2.75) is 28.9 Å². The van der Waals surface area contributed by atoms with Gasteiger partial charge in [0.15, 0.2) is 0 Å². The highest BCUT2D eigenvalue weighted by Gasteiger charge is 2.32. The van der Waals surface area contributed by atoms with Crippen LogP contribution in [0.2, 0.25) is 5.02 Å². The normalized spacial score (nSPS) is 13.6. The number of para-hydroxylation sites is 1. The molecule has 0 radical (unpaired) electrons. The van der Waals surface area contributed by atoms with Crippen molar-refractivity contribution < 1.29 is 8.42 Å². The second-order valence-corrected chi connectivity index (χ2v) is 10.0. The first-order valence-corrected chi connectivity index (χ1v) is 11.8. The van der Waals surface area contributed by atoms with Crippen molar-refractivity contribution in [2.24, 2.45) is 0 Å². The summed E-state index contributed by atoms with van der Waals surface area (Å²) in [6.07, 6.45) is 0.741. The standard InChI is InChI=1S/C22H20ClNO2S2/c1-16-10-11-22(18(14-16)15-27-21-9-5-3-7-19(21)23)28(25,26)24-13-12-17-6-2-4-8-20(17)24/h2-11,14H,12-13,15H2,1H3. The van der Waals surface area contributed by atoms with Gasteiger partial charge in [-0.25, -0.2) is 8.42 Å². The Morgan fingerprint density at radius 2 is 1.79 bits per heavy atom. The number of hydrogen-bond donors (Lipinski definition) is 0. The Kier molecular flexibility index (Phi) is 5.41. The monoisotopic (exact) mass is 429 g/mol. The summed E-state index contributed by atoms with van der Waals surface area (Å²) in [5.41, 5.74) is 3.70. The largest absolute Gasteiger partial charge is 0.266 e. The van der Waals surface area contributed by atoms with Crippen molar-refractivity contribution in [3.8, 4) is 0 Å². The zero-order valence-corrected chi connectivity index (χ0v) is 17.8. The molecule has 3 aromatic rings. The third-order valence-electron chi connectivity index (χ3n) is 4.85. The van der Waals surface area contributed by atoms with E-state index in [9.17, 15) is 8.42 Å². The lowest BCUT2D eigenvalue weighted by molar-refractivity contribution is 0.591. The van der Waals surface area contributed by atoms with Gasteiger partial charge in [0.25, 0.3) is 10.0 Å². The van der Waals surface area contributed by atoms with Gasteiger partial charge in [-0.2, -0.15) is 0 Å². The highest BCUT2D eigenvalue weighted by molar-refractivity contribution is 7.98. The van der Waals surface area contributed by atoms with E-state index in [1.54, 1.807) is 17.8 Å². The molecule has 3 nitrogen and oxygen atoms in total. The molecular weight excluding hydrogens is 410 g/mol. The number of hydrogen-bond acceptors (Lipinski definition) is 3. The van der Waals surface area contributed by atoms with E-state index >= 15 is 0 Å². The topological polar surface area (TPSA) is 37.4 Å². The summed E-state index contributed by atoms with van der Waals surface area (Å²) in [6.45, 7) is 2.46. The van der Waals surface area contributed by atoms with E-state index in [2.05, 4.69) is 0 Å². The van der Waals surface area contributed by atoms with Crippen molar-refractivity contribution in [1.29, 1.82) is 0 Å².